The van der Waals surface area contributed by atoms with E-state index in [-0.39, 0.29) is 6.10 Å². The average Bonchev–Trinajstić information content (AvgIpc) is 2.37. The van der Waals surface area contributed by atoms with Crippen molar-refractivity contribution in [2.45, 2.75) is 40.3 Å². The highest BCUT2D eigenvalue weighted by Crippen LogP contribution is 2.18. The summed E-state index contributed by atoms with van der Waals surface area (Å²) in [5, 5.41) is 3.98. The molecule has 0 aliphatic carbocycles. The maximum absolute atomic E-state index is 6.13. The second kappa shape index (κ2) is 9.16. The molecular weight excluding hydrogens is 276 g/mol. The highest BCUT2D eigenvalue weighted by atomic mass is 35.5. The summed E-state index contributed by atoms with van der Waals surface area (Å²) >= 11 is 6.13. The van der Waals surface area contributed by atoms with Crippen LogP contribution >= 0.6 is 11.6 Å². The van der Waals surface area contributed by atoms with E-state index in [1.807, 2.05) is 19.9 Å². The Morgan fingerprint density at radius 3 is 2.60 bits per heavy atom. The topological polar surface area (TPSA) is 43.4 Å². The molecule has 0 aromatic carbocycles. The van der Waals surface area contributed by atoms with Gasteiger partial charge in [-0.1, -0.05) is 25.4 Å². The molecule has 0 bridgehead atoms. The van der Waals surface area contributed by atoms with Crippen LogP contribution < -0.4 is 10.1 Å². The Balaban J connectivity index is 2.44. The van der Waals surface area contributed by atoms with Gasteiger partial charge in [0.2, 0.25) is 5.88 Å². The van der Waals surface area contributed by atoms with Crippen LogP contribution in [0.15, 0.2) is 12.1 Å². The molecule has 0 radical (unpaired) electrons. The number of nitrogens with zero attached hydrogens (tertiary/aromatic N) is 1. The summed E-state index contributed by atoms with van der Waals surface area (Å²) in [6.07, 6.45) is 0.215. The first-order valence-corrected chi connectivity index (χ1v) is 7.47. The Bertz CT molecular complexity index is 397. The van der Waals surface area contributed by atoms with Crippen LogP contribution in [0, 0.1) is 5.92 Å². The molecule has 1 rings (SSSR count). The van der Waals surface area contributed by atoms with Gasteiger partial charge >= 0.3 is 0 Å². The largest absolute Gasteiger partial charge is 0.475 e. The zero-order valence-electron chi connectivity index (χ0n) is 12.8. The van der Waals surface area contributed by atoms with E-state index in [1.165, 1.54) is 0 Å². The number of aromatic nitrogens is 1. The zero-order chi connectivity index (χ0) is 15.0. The first-order valence-electron chi connectivity index (χ1n) is 7.09. The van der Waals surface area contributed by atoms with Gasteiger partial charge in [0.25, 0.3) is 0 Å². The first kappa shape index (κ1) is 17.2. The highest BCUT2D eigenvalue weighted by molar-refractivity contribution is 6.31. The lowest BCUT2D eigenvalue weighted by atomic mass is 10.2. The minimum atomic E-state index is 0.215. The van der Waals surface area contributed by atoms with Gasteiger partial charge in [-0.2, -0.15) is 0 Å². The number of hydrogen-bond acceptors (Lipinski definition) is 4. The third-order valence-corrected chi connectivity index (χ3v) is 2.87. The molecule has 0 atom stereocenters. The molecule has 1 aromatic rings. The lowest BCUT2D eigenvalue weighted by molar-refractivity contribution is 0.0542. The summed E-state index contributed by atoms with van der Waals surface area (Å²) in [6.45, 7) is 11.0. The first-order chi connectivity index (χ1) is 9.49. The van der Waals surface area contributed by atoms with E-state index in [2.05, 4.69) is 24.1 Å². The minimum Gasteiger partial charge on any atom is -0.475 e. The van der Waals surface area contributed by atoms with Gasteiger partial charge < -0.3 is 14.8 Å². The molecule has 1 N–H and O–H groups in total. The van der Waals surface area contributed by atoms with Gasteiger partial charge in [-0.05, 0) is 32.4 Å². The number of rotatable bonds is 9. The van der Waals surface area contributed by atoms with Crippen LogP contribution in [0.5, 0.6) is 5.88 Å². The van der Waals surface area contributed by atoms with E-state index in [9.17, 15) is 0 Å². The van der Waals surface area contributed by atoms with Crippen molar-refractivity contribution in [3.05, 3.63) is 22.8 Å². The van der Waals surface area contributed by atoms with Gasteiger partial charge in [0.05, 0.1) is 23.4 Å². The summed E-state index contributed by atoms with van der Waals surface area (Å²) in [5.74, 6) is 1.18. The van der Waals surface area contributed by atoms with Crippen molar-refractivity contribution in [3.8, 4) is 5.88 Å². The minimum absolute atomic E-state index is 0.215. The fourth-order valence-electron chi connectivity index (χ4n) is 1.58. The maximum Gasteiger partial charge on any atom is 0.213 e. The van der Waals surface area contributed by atoms with Crippen molar-refractivity contribution < 1.29 is 9.47 Å². The number of nitrogens with one attached hydrogen (secondary N) is 1. The SMILES string of the molecule is CC(C)CNCc1nc(OCCOC(C)C)ccc1Cl. The molecule has 20 heavy (non-hydrogen) atoms. The van der Waals surface area contributed by atoms with Crippen LogP contribution in [-0.2, 0) is 11.3 Å². The van der Waals surface area contributed by atoms with Crippen LogP contribution in [0.3, 0.4) is 0 Å². The fourth-order valence-corrected chi connectivity index (χ4v) is 1.75. The molecule has 0 aliphatic rings. The van der Waals surface area contributed by atoms with Crippen LogP contribution in [0.4, 0.5) is 0 Å². The molecule has 4 nitrogen and oxygen atoms in total. The predicted octanol–water partition coefficient (Wildman–Crippen LogP) is 3.28. The van der Waals surface area contributed by atoms with E-state index >= 15 is 0 Å². The van der Waals surface area contributed by atoms with Crippen LogP contribution in [0.25, 0.3) is 0 Å². The molecular formula is C15H25ClN2O2. The van der Waals surface area contributed by atoms with Crippen molar-refractivity contribution in [3.63, 3.8) is 0 Å². The number of hydrogen-bond donors (Lipinski definition) is 1. The summed E-state index contributed by atoms with van der Waals surface area (Å²) in [6, 6.07) is 3.60. The number of pyridine rings is 1. The smallest absolute Gasteiger partial charge is 0.213 e. The van der Waals surface area contributed by atoms with E-state index in [0.717, 1.165) is 12.2 Å². The van der Waals surface area contributed by atoms with Gasteiger partial charge in [-0.3, -0.25) is 0 Å². The molecule has 0 unspecified atom stereocenters. The monoisotopic (exact) mass is 300 g/mol. The quantitative estimate of drug-likeness (QED) is 0.711. The molecule has 0 saturated heterocycles. The van der Waals surface area contributed by atoms with Crippen molar-refractivity contribution >= 4 is 11.6 Å². The Kier molecular flexibility index (Phi) is 7.88. The number of halogens is 1. The second-order valence-electron chi connectivity index (χ2n) is 5.37. The van der Waals surface area contributed by atoms with E-state index < -0.39 is 0 Å². The van der Waals surface area contributed by atoms with Crippen molar-refractivity contribution in [2.24, 2.45) is 5.92 Å². The summed E-state index contributed by atoms with van der Waals surface area (Å²) in [4.78, 5) is 4.41. The highest BCUT2D eigenvalue weighted by Gasteiger charge is 2.05. The molecule has 0 aliphatic heterocycles. The predicted molar refractivity (Wildman–Crippen MR) is 82.4 cm³/mol. The lowest BCUT2D eigenvalue weighted by Crippen LogP contribution is -2.20. The molecule has 0 saturated carbocycles. The van der Waals surface area contributed by atoms with Gasteiger partial charge in [0, 0.05) is 12.6 Å². The number of ether oxygens (including phenoxy) is 2. The third-order valence-electron chi connectivity index (χ3n) is 2.52. The van der Waals surface area contributed by atoms with Gasteiger partial charge in [0.1, 0.15) is 6.61 Å². The summed E-state index contributed by atoms with van der Waals surface area (Å²) < 4.78 is 11.0. The fraction of sp³-hybridized carbons (Fsp3) is 0.667. The standard InChI is InChI=1S/C15H25ClN2O2/c1-11(2)9-17-10-14-13(16)5-6-15(18-14)20-8-7-19-12(3)4/h5-6,11-12,17H,7-10H2,1-4H3. The molecule has 114 valence electrons. The molecule has 0 fully saturated rings. The Morgan fingerprint density at radius 1 is 1.20 bits per heavy atom. The zero-order valence-corrected chi connectivity index (χ0v) is 13.5. The summed E-state index contributed by atoms with van der Waals surface area (Å²) in [5.41, 5.74) is 0.814. The Labute approximate surface area is 126 Å². The van der Waals surface area contributed by atoms with Crippen LogP contribution in [0.1, 0.15) is 33.4 Å². The van der Waals surface area contributed by atoms with Gasteiger partial charge in [0.15, 0.2) is 0 Å². The molecule has 1 heterocycles. The van der Waals surface area contributed by atoms with E-state index in [1.54, 1.807) is 6.07 Å². The maximum atomic E-state index is 6.13. The molecule has 5 heteroatoms. The van der Waals surface area contributed by atoms with Crippen LogP contribution in [-0.4, -0.2) is 30.8 Å². The Morgan fingerprint density at radius 2 is 1.95 bits per heavy atom. The lowest BCUT2D eigenvalue weighted by Gasteiger charge is -2.11. The Hall–Kier alpha value is -0.840. The van der Waals surface area contributed by atoms with E-state index in [4.69, 9.17) is 21.1 Å². The second-order valence-corrected chi connectivity index (χ2v) is 5.78. The van der Waals surface area contributed by atoms with E-state index in [0.29, 0.717) is 36.6 Å². The molecule has 0 spiro atoms. The van der Waals surface area contributed by atoms with Crippen molar-refractivity contribution in [1.29, 1.82) is 0 Å². The third kappa shape index (κ3) is 7.08. The van der Waals surface area contributed by atoms with Gasteiger partial charge in [-0.25, -0.2) is 4.98 Å². The average molecular weight is 301 g/mol. The molecule has 0 amide bonds. The van der Waals surface area contributed by atoms with Crippen molar-refractivity contribution in [2.75, 3.05) is 19.8 Å². The molecule has 1 aromatic heterocycles. The van der Waals surface area contributed by atoms with Gasteiger partial charge in [-0.15, -0.1) is 0 Å². The van der Waals surface area contributed by atoms with Crippen LogP contribution in [0.2, 0.25) is 5.02 Å². The van der Waals surface area contributed by atoms with Crippen molar-refractivity contribution in [1.82, 2.24) is 10.3 Å². The normalized spacial score (nSPS) is 11.3. The summed E-state index contributed by atoms with van der Waals surface area (Å²) in [7, 11) is 0.